The number of pyridine rings is 1. The summed E-state index contributed by atoms with van der Waals surface area (Å²) in [7, 11) is 0. The minimum Gasteiger partial charge on any atom is -0.392 e. The number of halogens is 1. The zero-order chi connectivity index (χ0) is 14.8. The molecule has 3 rings (SSSR count). The van der Waals surface area contributed by atoms with E-state index in [1.807, 2.05) is 6.07 Å². The fourth-order valence-electron chi connectivity index (χ4n) is 2.90. The Bertz CT molecular complexity index is 527. The highest BCUT2D eigenvalue weighted by atomic mass is 35.5. The second kappa shape index (κ2) is 6.17. The second-order valence-corrected chi connectivity index (χ2v) is 6.01. The summed E-state index contributed by atoms with van der Waals surface area (Å²) in [5.41, 5.74) is 0. The van der Waals surface area contributed by atoms with E-state index >= 15 is 0 Å². The van der Waals surface area contributed by atoms with Crippen LogP contribution in [0.4, 0.5) is 5.82 Å². The van der Waals surface area contributed by atoms with Gasteiger partial charge in [-0.25, -0.2) is 4.98 Å². The molecule has 2 aliphatic rings. The van der Waals surface area contributed by atoms with Crippen molar-refractivity contribution in [2.45, 2.75) is 31.0 Å². The predicted molar refractivity (Wildman–Crippen MR) is 80.4 cm³/mol. The molecule has 0 aromatic carbocycles. The van der Waals surface area contributed by atoms with Gasteiger partial charge in [0, 0.05) is 31.9 Å². The van der Waals surface area contributed by atoms with E-state index in [1.54, 1.807) is 12.3 Å². The number of hydrogen-bond acceptors (Lipinski definition) is 5. The number of aromatic nitrogens is 1. The maximum absolute atomic E-state index is 12.1. The van der Waals surface area contributed by atoms with Crippen molar-refractivity contribution in [1.82, 2.24) is 15.6 Å². The van der Waals surface area contributed by atoms with E-state index in [-0.39, 0.29) is 18.0 Å². The molecule has 1 aromatic rings. The minimum absolute atomic E-state index is 0.0366. The molecule has 0 radical (unpaired) electrons. The first-order valence-electron chi connectivity index (χ1n) is 7.21. The first-order valence-corrected chi connectivity index (χ1v) is 7.58. The first-order chi connectivity index (χ1) is 10.1. The van der Waals surface area contributed by atoms with Gasteiger partial charge in [-0.1, -0.05) is 11.6 Å². The van der Waals surface area contributed by atoms with Crippen molar-refractivity contribution in [3.05, 3.63) is 23.4 Å². The fraction of sp³-hybridized carbons (Fsp3) is 0.571. The Balaban J connectivity index is 1.55. The van der Waals surface area contributed by atoms with Crippen molar-refractivity contribution in [3.8, 4) is 0 Å². The van der Waals surface area contributed by atoms with Gasteiger partial charge in [0.05, 0.1) is 17.2 Å². The summed E-state index contributed by atoms with van der Waals surface area (Å²) in [6, 6.07) is 3.43. The molecule has 2 aliphatic heterocycles. The largest absolute Gasteiger partial charge is 0.392 e. The molecule has 1 aromatic heterocycles. The Hall–Kier alpha value is -1.37. The molecule has 21 heavy (non-hydrogen) atoms. The summed E-state index contributed by atoms with van der Waals surface area (Å²) >= 11 is 6.15. The molecular formula is C14H19ClN4O2. The SMILES string of the molecule is O=C(N[C@@H]1CCN(c2ncccc2Cl)C1)[C@@H]1C[C@H](O)CN1. The van der Waals surface area contributed by atoms with Crippen LogP contribution in [-0.4, -0.2) is 53.8 Å². The number of aliphatic hydroxyl groups is 1. The van der Waals surface area contributed by atoms with Gasteiger partial charge < -0.3 is 20.6 Å². The summed E-state index contributed by atoms with van der Waals surface area (Å²) in [4.78, 5) is 18.5. The van der Waals surface area contributed by atoms with Gasteiger partial charge in [0.2, 0.25) is 5.91 Å². The highest BCUT2D eigenvalue weighted by Crippen LogP contribution is 2.25. The molecule has 3 heterocycles. The fourth-order valence-corrected chi connectivity index (χ4v) is 3.14. The predicted octanol–water partition coefficient (Wildman–Crippen LogP) is 0.153. The van der Waals surface area contributed by atoms with Crippen molar-refractivity contribution in [2.75, 3.05) is 24.5 Å². The average Bonchev–Trinajstić information content (AvgIpc) is 3.08. The van der Waals surface area contributed by atoms with Gasteiger partial charge in [0.25, 0.3) is 0 Å². The number of aliphatic hydroxyl groups excluding tert-OH is 1. The molecule has 0 aliphatic carbocycles. The summed E-state index contributed by atoms with van der Waals surface area (Å²) < 4.78 is 0. The molecule has 3 atom stereocenters. The zero-order valence-electron chi connectivity index (χ0n) is 11.6. The monoisotopic (exact) mass is 310 g/mol. The average molecular weight is 311 g/mol. The summed E-state index contributed by atoms with van der Waals surface area (Å²) in [5.74, 6) is 0.732. The Morgan fingerprint density at radius 2 is 2.43 bits per heavy atom. The molecule has 7 heteroatoms. The van der Waals surface area contributed by atoms with E-state index in [0.717, 1.165) is 18.8 Å². The van der Waals surface area contributed by atoms with Crippen LogP contribution in [0.1, 0.15) is 12.8 Å². The molecular weight excluding hydrogens is 292 g/mol. The number of anilines is 1. The van der Waals surface area contributed by atoms with E-state index < -0.39 is 6.10 Å². The van der Waals surface area contributed by atoms with Crippen LogP contribution in [-0.2, 0) is 4.79 Å². The standard InChI is InChI=1S/C14H19ClN4O2/c15-11-2-1-4-16-13(11)19-5-3-9(8-19)18-14(21)12-6-10(20)7-17-12/h1-2,4,9-10,12,17,20H,3,5-8H2,(H,18,21)/t9-,10+,12+/m1/s1. The quantitative estimate of drug-likeness (QED) is 0.741. The van der Waals surface area contributed by atoms with Gasteiger partial charge in [0.15, 0.2) is 0 Å². The Morgan fingerprint density at radius 3 is 3.14 bits per heavy atom. The van der Waals surface area contributed by atoms with Gasteiger partial charge in [-0.2, -0.15) is 0 Å². The van der Waals surface area contributed by atoms with Crippen LogP contribution in [0.2, 0.25) is 5.02 Å². The zero-order valence-corrected chi connectivity index (χ0v) is 12.4. The summed E-state index contributed by atoms with van der Waals surface area (Å²) in [6.45, 7) is 2.01. The van der Waals surface area contributed by atoms with Crippen molar-refractivity contribution < 1.29 is 9.90 Å². The third kappa shape index (κ3) is 3.28. The Labute approximate surface area is 128 Å². The van der Waals surface area contributed by atoms with Crippen LogP contribution in [0.15, 0.2) is 18.3 Å². The Kier molecular flexibility index (Phi) is 4.28. The highest BCUT2D eigenvalue weighted by Gasteiger charge is 2.31. The van der Waals surface area contributed by atoms with E-state index in [0.29, 0.717) is 24.5 Å². The van der Waals surface area contributed by atoms with Gasteiger partial charge >= 0.3 is 0 Å². The van der Waals surface area contributed by atoms with Crippen LogP contribution in [0.25, 0.3) is 0 Å². The van der Waals surface area contributed by atoms with Crippen LogP contribution < -0.4 is 15.5 Å². The second-order valence-electron chi connectivity index (χ2n) is 5.60. The number of nitrogens with zero attached hydrogens (tertiary/aromatic N) is 2. The lowest BCUT2D eigenvalue weighted by Gasteiger charge is -2.20. The number of carbonyl (C=O) groups excluding carboxylic acids is 1. The lowest BCUT2D eigenvalue weighted by Crippen LogP contribution is -2.46. The maximum Gasteiger partial charge on any atom is 0.237 e. The third-order valence-corrected chi connectivity index (χ3v) is 4.29. The number of amides is 1. The molecule has 0 unspecified atom stereocenters. The van der Waals surface area contributed by atoms with Gasteiger partial charge in [-0.3, -0.25) is 4.79 Å². The highest BCUT2D eigenvalue weighted by molar-refractivity contribution is 6.32. The van der Waals surface area contributed by atoms with E-state index in [4.69, 9.17) is 11.6 Å². The van der Waals surface area contributed by atoms with Crippen molar-refractivity contribution in [1.29, 1.82) is 0 Å². The van der Waals surface area contributed by atoms with E-state index in [2.05, 4.69) is 20.5 Å². The van der Waals surface area contributed by atoms with Crippen molar-refractivity contribution >= 4 is 23.3 Å². The molecule has 0 spiro atoms. The molecule has 3 N–H and O–H groups in total. The molecule has 2 saturated heterocycles. The molecule has 2 fully saturated rings. The molecule has 6 nitrogen and oxygen atoms in total. The van der Waals surface area contributed by atoms with Crippen LogP contribution in [0, 0.1) is 0 Å². The van der Waals surface area contributed by atoms with Gasteiger partial charge in [-0.05, 0) is 25.0 Å². The van der Waals surface area contributed by atoms with Crippen LogP contribution in [0.3, 0.4) is 0 Å². The first kappa shape index (κ1) is 14.6. The van der Waals surface area contributed by atoms with Gasteiger partial charge in [0.1, 0.15) is 5.82 Å². The number of nitrogens with one attached hydrogen (secondary N) is 2. The smallest absolute Gasteiger partial charge is 0.237 e. The van der Waals surface area contributed by atoms with Crippen molar-refractivity contribution in [3.63, 3.8) is 0 Å². The molecule has 0 bridgehead atoms. The van der Waals surface area contributed by atoms with Gasteiger partial charge in [-0.15, -0.1) is 0 Å². The third-order valence-electron chi connectivity index (χ3n) is 4.00. The topological polar surface area (TPSA) is 77.5 Å². The number of rotatable bonds is 3. The summed E-state index contributed by atoms with van der Waals surface area (Å²) in [5, 5.41) is 16.1. The van der Waals surface area contributed by atoms with E-state index in [9.17, 15) is 9.90 Å². The molecule has 114 valence electrons. The number of carbonyl (C=O) groups is 1. The molecule has 0 saturated carbocycles. The van der Waals surface area contributed by atoms with Crippen molar-refractivity contribution in [2.24, 2.45) is 0 Å². The van der Waals surface area contributed by atoms with E-state index in [1.165, 1.54) is 0 Å². The molecule has 1 amide bonds. The summed E-state index contributed by atoms with van der Waals surface area (Å²) in [6.07, 6.45) is 2.65. The Morgan fingerprint density at radius 1 is 1.57 bits per heavy atom. The lowest BCUT2D eigenvalue weighted by atomic mass is 10.1. The van der Waals surface area contributed by atoms with Crippen LogP contribution >= 0.6 is 11.6 Å². The number of hydrogen-bond donors (Lipinski definition) is 3. The lowest BCUT2D eigenvalue weighted by molar-refractivity contribution is -0.123. The maximum atomic E-state index is 12.1. The van der Waals surface area contributed by atoms with Crippen LogP contribution in [0.5, 0.6) is 0 Å². The number of β-amino-alcohol motifs (C(OH)–C–C–N with tert-alkyl or cyclic N) is 1. The minimum atomic E-state index is -0.423. The normalized spacial score (nSPS) is 28.9.